The van der Waals surface area contributed by atoms with E-state index in [1.807, 2.05) is 0 Å². The van der Waals surface area contributed by atoms with Crippen LogP contribution in [0.4, 0.5) is 0 Å². The first-order valence-corrected chi connectivity index (χ1v) is 6.92. The van der Waals surface area contributed by atoms with E-state index in [1.165, 1.54) is 38.5 Å². The zero-order valence-electron chi connectivity index (χ0n) is 10.5. The fourth-order valence-electron chi connectivity index (χ4n) is 3.09. The largest absolute Gasteiger partial charge is 0.375 e. The molecule has 0 radical (unpaired) electrons. The Morgan fingerprint density at radius 3 is 3.12 bits per heavy atom. The Labute approximate surface area is 99.3 Å². The second kappa shape index (κ2) is 5.99. The summed E-state index contributed by atoms with van der Waals surface area (Å²) in [6.45, 7) is 5.29. The minimum Gasteiger partial charge on any atom is -0.375 e. The first-order chi connectivity index (χ1) is 7.81. The summed E-state index contributed by atoms with van der Waals surface area (Å²) in [7, 11) is 0. The predicted molar refractivity (Wildman–Crippen MR) is 66.5 cm³/mol. The summed E-state index contributed by atoms with van der Waals surface area (Å²) in [4.78, 5) is 2.58. The van der Waals surface area contributed by atoms with Gasteiger partial charge in [0.15, 0.2) is 0 Å². The zero-order chi connectivity index (χ0) is 11.4. The molecule has 2 rings (SSSR count). The van der Waals surface area contributed by atoms with Crippen molar-refractivity contribution in [1.29, 1.82) is 0 Å². The number of hydrogen-bond donors (Lipinski definition) is 1. The van der Waals surface area contributed by atoms with Gasteiger partial charge in [-0.2, -0.15) is 0 Å². The van der Waals surface area contributed by atoms with Crippen molar-refractivity contribution < 1.29 is 4.74 Å². The quantitative estimate of drug-likeness (QED) is 0.776. The highest BCUT2D eigenvalue weighted by molar-refractivity contribution is 4.90. The molecule has 3 heteroatoms. The van der Waals surface area contributed by atoms with Crippen LogP contribution in [0.2, 0.25) is 0 Å². The minimum atomic E-state index is 0.360. The van der Waals surface area contributed by atoms with Crippen molar-refractivity contribution in [1.82, 2.24) is 4.90 Å². The van der Waals surface area contributed by atoms with Crippen molar-refractivity contribution in [2.75, 3.05) is 19.7 Å². The van der Waals surface area contributed by atoms with Crippen LogP contribution >= 0.6 is 0 Å². The van der Waals surface area contributed by atoms with Gasteiger partial charge >= 0.3 is 0 Å². The lowest BCUT2D eigenvalue weighted by molar-refractivity contribution is -0.0572. The Morgan fingerprint density at radius 2 is 2.31 bits per heavy atom. The molecule has 2 N–H and O–H groups in total. The molecule has 2 fully saturated rings. The highest BCUT2D eigenvalue weighted by Crippen LogP contribution is 2.29. The summed E-state index contributed by atoms with van der Waals surface area (Å²) in [5.41, 5.74) is 6.19. The van der Waals surface area contributed by atoms with Crippen LogP contribution < -0.4 is 5.73 Å². The van der Waals surface area contributed by atoms with Crippen LogP contribution in [-0.2, 0) is 4.74 Å². The van der Waals surface area contributed by atoms with Gasteiger partial charge in [-0.25, -0.2) is 0 Å². The topological polar surface area (TPSA) is 38.5 Å². The Balaban J connectivity index is 1.79. The van der Waals surface area contributed by atoms with Crippen molar-refractivity contribution in [3.8, 4) is 0 Å². The molecule has 16 heavy (non-hydrogen) atoms. The van der Waals surface area contributed by atoms with Gasteiger partial charge in [-0.15, -0.1) is 0 Å². The Morgan fingerprint density at radius 1 is 1.44 bits per heavy atom. The molecule has 1 aliphatic carbocycles. The Kier molecular flexibility index (Phi) is 4.62. The van der Waals surface area contributed by atoms with E-state index in [0.29, 0.717) is 18.2 Å². The second-order valence-corrected chi connectivity index (χ2v) is 5.30. The molecule has 3 unspecified atom stereocenters. The first-order valence-electron chi connectivity index (χ1n) is 6.92. The number of nitrogens with two attached hydrogens (primary N) is 1. The highest BCUT2D eigenvalue weighted by atomic mass is 16.5. The van der Waals surface area contributed by atoms with Crippen molar-refractivity contribution >= 4 is 0 Å². The standard InChI is InChI=1S/C13H26N2O/c1-2-3-5-11(14)10-15-8-9-16-13-7-4-6-12(13)15/h11-13H,2-10,14H2,1H3. The molecular weight excluding hydrogens is 200 g/mol. The van der Waals surface area contributed by atoms with Crippen molar-refractivity contribution in [2.45, 2.75) is 63.6 Å². The third-order valence-corrected chi connectivity index (χ3v) is 3.99. The Hall–Kier alpha value is -0.120. The third kappa shape index (κ3) is 2.96. The van der Waals surface area contributed by atoms with E-state index in [0.717, 1.165) is 19.7 Å². The molecule has 0 spiro atoms. The molecule has 1 saturated carbocycles. The van der Waals surface area contributed by atoms with E-state index in [4.69, 9.17) is 10.5 Å². The molecule has 2 aliphatic rings. The molecule has 3 nitrogen and oxygen atoms in total. The molecule has 0 amide bonds. The SMILES string of the molecule is CCCCC(N)CN1CCOC2CCCC21. The lowest BCUT2D eigenvalue weighted by Crippen LogP contribution is -2.52. The second-order valence-electron chi connectivity index (χ2n) is 5.30. The van der Waals surface area contributed by atoms with E-state index in [-0.39, 0.29) is 0 Å². The average molecular weight is 226 g/mol. The van der Waals surface area contributed by atoms with Crippen molar-refractivity contribution in [2.24, 2.45) is 5.73 Å². The molecule has 1 saturated heterocycles. The minimum absolute atomic E-state index is 0.360. The molecule has 1 heterocycles. The number of morpholine rings is 1. The Bertz CT molecular complexity index is 210. The lowest BCUT2D eigenvalue weighted by atomic mass is 10.1. The number of nitrogens with zero attached hydrogens (tertiary/aromatic N) is 1. The fourth-order valence-corrected chi connectivity index (χ4v) is 3.09. The van der Waals surface area contributed by atoms with Gasteiger partial charge in [0.05, 0.1) is 12.7 Å². The summed E-state index contributed by atoms with van der Waals surface area (Å²) >= 11 is 0. The van der Waals surface area contributed by atoms with Crippen molar-refractivity contribution in [3.63, 3.8) is 0 Å². The smallest absolute Gasteiger partial charge is 0.0730 e. The lowest BCUT2D eigenvalue weighted by Gasteiger charge is -2.38. The molecule has 3 atom stereocenters. The molecule has 0 aromatic heterocycles. The molecule has 0 bridgehead atoms. The number of hydrogen-bond acceptors (Lipinski definition) is 3. The fraction of sp³-hybridized carbons (Fsp3) is 1.00. The van der Waals surface area contributed by atoms with Crippen molar-refractivity contribution in [3.05, 3.63) is 0 Å². The third-order valence-electron chi connectivity index (χ3n) is 3.99. The molecule has 0 aromatic rings. The summed E-state index contributed by atoms with van der Waals surface area (Å²) in [5, 5.41) is 0. The van der Waals surface area contributed by atoms with Crippen LogP contribution in [-0.4, -0.2) is 42.8 Å². The van der Waals surface area contributed by atoms with E-state index >= 15 is 0 Å². The van der Waals surface area contributed by atoms with Gasteiger partial charge in [-0.3, -0.25) is 4.90 Å². The van der Waals surface area contributed by atoms with Gasteiger partial charge in [-0.1, -0.05) is 19.8 Å². The monoisotopic (exact) mass is 226 g/mol. The van der Waals surface area contributed by atoms with Crippen LogP contribution in [0.25, 0.3) is 0 Å². The zero-order valence-corrected chi connectivity index (χ0v) is 10.5. The van der Waals surface area contributed by atoms with Gasteiger partial charge in [0.25, 0.3) is 0 Å². The molecule has 94 valence electrons. The predicted octanol–water partition coefficient (Wildman–Crippen LogP) is 1.76. The maximum atomic E-state index is 6.19. The first kappa shape index (κ1) is 12.3. The van der Waals surface area contributed by atoms with Gasteiger partial charge in [0.1, 0.15) is 0 Å². The number of unbranched alkanes of at least 4 members (excludes halogenated alkanes) is 1. The molecular formula is C13H26N2O. The van der Waals surface area contributed by atoms with Crippen LogP contribution in [0.5, 0.6) is 0 Å². The van der Waals surface area contributed by atoms with Gasteiger partial charge in [0, 0.05) is 25.2 Å². The van der Waals surface area contributed by atoms with Crippen LogP contribution in [0.15, 0.2) is 0 Å². The average Bonchev–Trinajstić information content (AvgIpc) is 2.75. The number of ether oxygens (including phenoxy) is 1. The summed E-state index contributed by atoms with van der Waals surface area (Å²) in [6.07, 6.45) is 8.09. The van der Waals surface area contributed by atoms with Crippen LogP contribution in [0.3, 0.4) is 0 Å². The van der Waals surface area contributed by atoms with Crippen LogP contribution in [0, 0.1) is 0 Å². The summed E-state index contributed by atoms with van der Waals surface area (Å²) in [5.74, 6) is 0. The van der Waals surface area contributed by atoms with Crippen LogP contribution in [0.1, 0.15) is 45.4 Å². The highest BCUT2D eigenvalue weighted by Gasteiger charge is 2.36. The maximum Gasteiger partial charge on any atom is 0.0730 e. The van der Waals surface area contributed by atoms with Gasteiger partial charge < -0.3 is 10.5 Å². The van der Waals surface area contributed by atoms with Gasteiger partial charge in [-0.05, 0) is 25.7 Å². The van der Waals surface area contributed by atoms with E-state index in [2.05, 4.69) is 11.8 Å². The normalized spacial score (nSPS) is 32.6. The summed E-state index contributed by atoms with van der Waals surface area (Å²) < 4.78 is 5.81. The number of rotatable bonds is 5. The maximum absolute atomic E-state index is 6.19. The number of fused-ring (bicyclic) bond motifs is 1. The van der Waals surface area contributed by atoms with Gasteiger partial charge in [0.2, 0.25) is 0 Å². The van der Waals surface area contributed by atoms with E-state index in [9.17, 15) is 0 Å². The summed E-state index contributed by atoms with van der Waals surface area (Å²) in [6, 6.07) is 1.03. The van der Waals surface area contributed by atoms with E-state index in [1.54, 1.807) is 0 Å². The molecule has 1 aliphatic heterocycles. The van der Waals surface area contributed by atoms with E-state index < -0.39 is 0 Å². The molecule has 0 aromatic carbocycles.